The van der Waals surface area contributed by atoms with Gasteiger partial charge in [-0.15, -0.1) is 0 Å². The predicted octanol–water partition coefficient (Wildman–Crippen LogP) is 3.95. The van der Waals surface area contributed by atoms with E-state index in [1.54, 1.807) is 43.5 Å². The number of benzene rings is 2. The largest absolute Gasteiger partial charge is 0.493 e. The summed E-state index contributed by atoms with van der Waals surface area (Å²) in [7, 11) is 3.09. The first-order valence-electron chi connectivity index (χ1n) is 8.60. The molecule has 2 rings (SSSR count). The van der Waals surface area contributed by atoms with E-state index in [0.29, 0.717) is 34.4 Å². The standard InChI is InChI=1S/C20H23ClN2O4S/c1-12(2)27-15-7-5-6-13(8-15)19(24)23-20(28)22-11-14-9-17(25-3)18(26-4)10-16(14)21/h5-10,12H,11H2,1-4H3,(H2,22,23,24,28). The molecule has 0 heterocycles. The number of thiocarbonyl (C=S) groups is 1. The van der Waals surface area contributed by atoms with Crippen LogP contribution in [-0.4, -0.2) is 31.3 Å². The van der Waals surface area contributed by atoms with Crippen molar-refractivity contribution in [2.75, 3.05) is 14.2 Å². The maximum absolute atomic E-state index is 12.4. The fourth-order valence-electron chi connectivity index (χ4n) is 2.41. The molecule has 2 aromatic rings. The molecule has 2 N–H and O–H groups in total. The van der Waals surface area contributed by atoms with Crippen LogP contribution >= 0.6 is 23.8 Å². The minimum atomic E-state index is -0.329. The van der Waals surface area contributed by atoms with E-state index in [1.165, 1.54) is 7.11 Å². The van der Waals surface area contributed by atoms with Gasteiger partial charge in [0, 0.05) is 23.2 Å². The molecule has 28 heavy (non-hydrogen) atoms. The molecular weight excluding hydrogens is 400 g/mol. The van der Waals surface area contributed by atoms with Crippen LogP contribution in [-0.2, 0) is 6.54 Å². The third-order valence-electron chi connectivity index (χ3n) is 3.69. The summed E-state index contributed by atoms with van der Waals surface area (Å²) in [6.45, 7) is 4.16. The molecule has 2 aromatic carbocycles. The first-order valence-corrected chi connectivity index (χ1v) is 9.39. The molecule has 0 unspecified atom stereocenters. The average molecular weight is 423 g/mol. The van der Waals surface area contributed by atoms with Crippen LogP contribution in [0.1, 0.15) is 29.8 Å². The van der Waals surface area contributed by atoms with Crippen LogP contribution in [0.2, 0.25) is 5.02 Å². The number of carbonyl (C=O) groups excluding carboxylic acids is 1. The van der Waals surface area contributed by atoms with Crippen molar-refractivity contribution < 1.29 is 19.0 Å². The van der Waals surface area contributed by atoms with Gasteiger partial charge >= 0.3 is 0 Å². The molecule has 0 aliphatic rings. The number of amides is 1. The molecule has 0 fully saturated rings. The monoisotopic (exact) mass is 422 g/mol. The Morgan fingerprint density at radius 3 is 2.46 bits per heavy atom. The highest BCUT2D eigenvalue weighted by molar-refractivity contribution is 7.80. The van der Waals surface area contributed by atoms with Crippen molar-refractivity contribution in [1.29, 1.82) is 0 Å². The minimum Gasteiger partial charge on any atom is -0.493 e. The lowest BCUT2D eigenvalue weighted by atomic mass is 10.2. The van der Waals surface area contributed by atoms with Gasteiger partial charge in [-0.05, 0) is 55.9 Å². The maximum Gasteiger partial charge on any atom is 0.257 e. The van der Waals surface area contributed by atoms with Crippen LogP contribution in [0.5, 0.6) is 17.2 Å². The van der Waals surface area contributed by atoms with Crippen molar-refractivity contribution in [3.05, 3.63) is 52.5 Å². The van der Waals surface area contributed by atoms with Crippen molar-refractivity contribution >= 4 is 34.8 Å². The zero-order valence-corrected chi connectivity index (χ0v) is 17.7. The summed E-state index contributed by atoms with van der Waals surface area (Å²) >= 11 is 11.5. The van der Waals surface area contributed by atoms with Crippen LogP contribution < -0.4 is 24.8 Å². The molecular formula is C20H23ClN2O4S. The molecule has 150 valence electrons. The summed E-state index contributed by atoms with van der Waals surface area (Å²) in [6.07, 6.45) is 0.0206. The Hall–Kier alpha value is -2.51. The summed E-state index contributed by atoms with van der Waals surface area (Å²) in [5.41, 5.74) is 1.20. The molecule has 0 bridgehead atoms. The molecule has 0 saturated heterocycles. The van der Waals surface area contributed by atoms with E-state index in [2.05, 4.69) is 10.6 Å². The number of nitrogens with one attached hydrogen (secondary N) is 2. The Kier molecular flexibility index (Phi) is 7.90. The highest BCUT2D eigenvalue weighted by Crippen LogP contribution is 2.32. The first kappa shape index (κ1) is 21.8. The molecule has 0 aromatic heterocycles. The van der Waals surface area contributed by atoms with Gasteiger partial charge in [0.1, 0.15) is 5.75 Å². The van der Waals surface area contributed by atoms with Gasteiger partial charge in [-0.25, -0.2) is 0 Å². The van der Waals surface area contributed by atoms with Crippen LogP contribution in [0.3, 0.4) is 0 Å². The van der Waals surface area contributed by atoms with Crippen LogP contribution in [0.4, 0.5) is 0 Å². The smallest absolute Gasteiger partial charge is 0.257 e. The summed E-state index contributed by atoms with van der Waals surface area (Å²) in [5.74, 6) is 1.39. The summed E-state index contributed by atoms with van der Waals surface area (Å²) in [5, 5.41) is 6.29. The van der Waals surface area contributed by atoms with Crippen molar-refractivity contribution in [3.63, 3.8) is 0 Å². The second kappa shape index (κ2) is 10.1. The van der Waals surface area contributed by atoms with Gasteiger partial charge < -0.3 is 19.5 Å². The number of carbonyl (C=O) groups is 1. The summed E-state index contributed by atoms with van der Waals surface area (Å²) in [6, 6.07) is 10.3. The van der Waals surface area contributed by atoms with Crippen LogP contribution in [0, 0.1) is 0 Å². The number of ether oxygens (including phenoxy) is 3. The number of rotatable bonds is 7. The Balaban J connectivity index is 1.98. The Morgan fingerprint density at radius 2 is 1.82 bits per heavy atom. The lowest BCUT2D eigenvalue weighted by molar-refractivity contribution is 0.0976. The Labute approximate surface area is 175 Å². The number of halogens is 1. The van der Waals surface area contributed by atoms with Crippen molar-refractivity contribution in [1.82, 2.24) is 10.6 Å². The van der Waals surface area contributed by atoms with E-state index in [0.717, 1.165) is 5.56 Å². The molecule has 1 amide bonds. The molecule has 0 aliphatic heterocycles. The third-order valence-corrected chi connectivity index (χ3v) is 4.29. The Morgan fingerprint density at radius 1 is 1.14 bits per heavy atom. The Bertz CT molecular complexity index is 858. The third kappa shape index (κ3) is 6.00. The first-order chi connectivity index (χ1) is 13.3. The lowest BCUT2D eigenvalue weighted by Gasteiger charge is -2.14. The molecule has 0 radical (unpaired) electrons. The zero-order valence-electron chi connectivity index (χ0n) is 16.2. The van der Waals surface area contributed by atoms with Gasteiger partial charge in [0.2, 0.25) is 0 Å². The summed E-state index contributed by atoms with van der Waals surface area (Å²) < 4.78 is 16.1. The fourth-order valence-corrected chi connectivity index (χ4v) is 2.79. The van der Waals surface area contributed by atoms with E-state index in [-0.39, 0.29) is 17.1 Å². The molecule has 0 atom stereocenters. The van der Waals surface area contributed by atoms with Gasteiger partial charge in [-0.2, -0.15) is 0 Å². The number of hydrogen-bond donors (Lipinski definition) is 2. The van der Waals surface area contributed by atoms with Crippen LogP contribution in [0.15, 0.2) is 36.4 Å². The minimum absolute atomic E-state index is 0.0206. The van der Waals surface area contributed by atoms with E-state index in [9.17, 15) is 4.79 Å². The van der Waals surface area contributed by atoms with E-state index in [4.69, 9.17) is 38.0 Å². The molecule has 0 saturated carbocycles. The quantitative estimate of drug-likeness (QED) is 0.658. The van der Waals surface area contributed by atoms with Gasteiger partial charge in [0.25, 0.3) is 5.91 Å². The fraction of sp³-hybridized carbons (Fsp3) is 0.300. The van der Waals surface area contributed by atoms with Crippen molar-refractivity contribution in [2.45, 2.75) is 26.5 Å². The van der Waals surface area contributed by atoms with Crippen molar-refractivity contribution in [3.8, 4) is 17.2 Å². The van der Waals surface area contributed by atoms with Crippen LogP contribution in [0.25, 0.3) is 0 Å². The molecule has 6 nitrogen and oxygen atoms in total. The van der Waals surface area contributed by atoms with Gasteiger partial charge in [0.15, 0.2) is 16.6 Å². The van der Waals surface area contributed by atoms with E-state index in [1.807, 2.05) is 13.8 Å². The van der Waals surface area contributed by atoms with Gasteiger partial charge in [0.05, 0.1) is 20.3 Å². The normalized spacial score (nSPS) is 10.4. The maximum atomic E-state index is 12.4. The second-order valence-corrected chi connectivity index (χ2v) is 6.95. The lowest BCUT2D eigenvalue weighted by Crippen LogP contribution is -2.38. The highest BCUT2D eigenvalue weighted by atomic mass is 35.5. The number of hydrogen-bond acceptors (Lipinski definition) is 5. The van der Waals surface area contributed by atoms with E-state index >= 15 is 0 Å². The van der Waals surface area contributed by atoms with E-state index < -0.39 is 0 Å². The van der Waals surface area contributed by atoms with Crippen molar-refractivity contribution in [2.24, 2.45) is 0 Å². The summed E-state index contributed by atoms with van der Waals surface area (Å²) in [4.78, 5) is 12.4. The highest BCUT2D eigenvalue weighted by Gasteiger charge is 2.12. The second-order valence-electron chi connectivity index (χ2n) is 6.13. The van der Waals surface area contributed by atoms with Gasteiger partial charge in [-0.3, -0.25) is 10.1 Å². The topological polar surface area (TPSA) is 68.8 Å². The predicted molar refractivity (Wildman–Crippen MR) is 114 cm³/mol. The molecule has 8 heteroatoms. The average Bonchev–Trinajstić information content (AvgIpc) is 2.66. The SMILES string of the molecule is COc1cc(Cl)c(CNC(=S)NC(=O)c2cccc(OC(C)C)c2)cc1OC. The zero-order chi connectivity index (χ0) is 20.7. The van der Waals surface area contributed by atoms with Gasteiger partial charge in [-0.1, -0.05) is 17.7 Å². The number of methoxy groups -OCH3 is 2. The molecule has 0 spiro atoms. The molecule has 0 aliphatic carbocycles.